The monoisotopic (exact) mass is 454 g/mol. The molecular weight excluding hydrogens is 436 g/mol. The van der Waals surface area contributed by atoms with Crippen LogP contribution in [0.4, 0.5) is 5.69 Å². The van der Waals surface area contributed by atoms with Crippen LogP contribution in [-0.4, -0.2) is 56.4 Å². The van der Waals surface area contributed by atoms with Gasteiger partial charge in [0.2, 0.25) is 0 Å². The zero-order valence-electron chi connectivity index (χ0n) is 16.6. The number of nitrogens with zero attached hydrogens (tertiary/aromatic N) is 2. The molecule has 0 bridgehead atoms. The smallest absolute Gasteiger partial charge is 0.341 e. The van der Waals surface area contributed by atoms with Crippen LogP contribution in [-0.2, 0) is 9.59 Å². The van der Waals surface area contributed by atoms with Gasteiger partial charge in [0, 0.05) is 12.6 Å². The van der Waals surface area contributed by atoms with E-state index in [-0.39, 0.29) is 23.7 Å². The number of carboxylic acids is 2. The maximum atomic E-state index is 12.8. The van der Waals surface area contributed by atoms with Crippen molar-refractivity contribution in [2.75, 3.05) is 13.2 Å². The molecule has 3 N–H and O–H groups in total. The predicted octanol–water partition coefficient (Wildman–Crippen LogP) is 3.34. The summed E-state index contributed by atoms with van der Waals surface area (Å²) in [7, 11) is 0. The molecule has 32 heavy (non-hydrogen) atoms. The van der Waals surface area contributed by atoms with Crippen molar-refractivity contribution in [3.05, 3.63) is 71.2 Å². The topological polar surface area (TPSA) is 137 Å². The summed E-state index contributed by atoms with van der Waals surface area (Å²) in [5, 5.41) is 27.9. The molecule has 1 fully saturated rings. The number of phenols is 1. The van der Waals surface area contributed by atoms with E-state index in [4.69, 9.17) is 14.9 Å². The van der Waals surface area contributed by atoms with Crippen LogP contribution < -0.4 is 4.74 Å². The Balaban J connectivity index is 1.85. The lowest BCUT2D eigenvalue weighted by atomic mass is 10.2. The second-order valence-electron chi connectivity index (χ2n) is 6.47. The van der Waals surface area contributed by atoms with Crippen LogP contribution in [0.15, 0.2) is 65.0 Å². The number of aromatic hydroxyl groups is 1. The molecule has 0 aromatic heterocycles. The lowest BCUT2D eigenvalue weighted by Crippen LogP contribution is -2.29. The Kier molecular flexibility index (Phi) is 6.96. The predicted molar refractivity (Wildman–Crippen MR) is 119 cm³/mol. The number of aromatic carboxylic acids is 1. The summed E-state index contributed by atoms with van der Waals surface area (Å²) >= 11 is 1.12. The van der Waals surface area contributed by atoms with E-state index in [0.29, 0.717) is 21.4 Å². The average Bonchev–Trinajstić information content (AvgIpc) is 3.02. The fraction of sp³-hybridized carbons (Fsp3) is 0.0909. The van der Waals surface area contributed by atoms with Crippen LogP contribution in [0.3, 0.4) is 0 Å². The van der Waals surface area contributed by atoms with E-state index in [9.17, 15) is 19.5 Å². The molecule has 2 aromatic carbocycles. The minimum absolute atomic E-state index is 0.211. The molecule has 164 valence electrons. The number of aliphatic carboxylic acids is 1. The zero-order chi connectivity index (χ0) is 23.3. The highest BCUT2D eigenvalue weighted by molar-refractivity contribution is 8.18. The van der Waals surface area contributed by atoms with Crippen molar-refractivity contribution in [3.8, 4) is 11.5 Å². The molecule has 2 aromatic rings. The highest BCUT2D eigenvalue weighted by Gasteiger charge is 2.32. The van der Waals surface area contributed by atoms with E-state index >= 15 is 0 Å². The number of thioether (sulfide) groups is 1. The average molecular weight is 454 g/mol. The van der Waals surface area contributed by atoms with Crippen LogP contribution in [0.2, 0.25) is 0 Å². The Bertz CT molecular complexity index is 1140. The van der Waals surface area contributed by atoms with Gasteiger partial charge in [0.1, 0.15) is 17.1 Å². The summed E-state index contributed by atoms with van der Waals surface area (Å²) in [5.41, 5.74) is 0.744. The Morgan fingerprint density at radius 2 is 1.88 bits per heavy atom. The second kappa shape index (κ2) is 9.84. The number of rotatable bonds is 8. The lowest BCUT2D eigenvalue weighted by Gasteiger charge is -2.12. The minimum atomic E-state index is -1.26. The molecule has 9 nitrogen and oxygen atoms in total. The molecule has 1 aliphatic heterocycles. The third-order valence-electron chi connectivity index (χ3n) is 4.18. The Morgan fingerprint density at radius 3 is 2.47 bits per heavy atom. The highest BCUT2D eigenvalue weighted by Crippen LogP contribution is 2.35. The number of amides is 1. The lowest BCUT2D eigenvalue weighted by molar-refractivity contribution is -0.139. The molecule has 0 unspecified atom stereocenters. The number of aliphatic imine (C=N–C) groups is 1. The molecule has 0 spiro atoms. The van der Waals surface area contributed by atoms with Crippen molar-refractivity contribution < 1.29 is 34.4 Å². The number of hydrogen-bond acceptors (Lipinski definition) is 7. The summed E-state index contributed by atoms with van der Waals surface area (Å²) in [5.74, 6) is -2.66. The summed E-state index contributed by atoms with van der Waals surface area (Å²) in [4.78, 5) is 40.7. The Labute approximate surface area is 187 Å². The van der Waals surface area contributed by atoms with Gasteiger partial charge in [-0.3, -0.25) is 9.69 Å². The van der Waals surface area contributed by atoms with Crippen molar-refractivity contribution >= 4 is 46.5 Å². The second-order valence-corrected chi connectivity index (χ2v) is 7.48. The van der Waals surface area contributed by atoms with Crippen molar-refractivity contribution in [1.29, 1.82) is 0 Å². The fourth-order valence-corrected chi connectivity index (χ4v) is 3.73. The molecule has 1 heterocycles. The number of amidine groups is 1. The minimum Gasteiger partial charge on any atom is -0.507 e. The largest absolute Gasteiger partial charge is 0.507 e. The summed E-state index contributed by atoms with van der Waals surface area (Å²) in [6.07, 6.45) is 3.22. The van der Waals surface area contributed by atoms with Crippen LogP contribution in [0.5, 0.6) is 11.5 Å². The van der Waals surface area contributed by atoms with E-state index in [1.807, 2.05) is 0 Å². The molecule has 1 saturated heterocycles. The molecule has 0 radical (unpaired) electrons. The van der Waals surface area contributed by atoms with E-state index in [2.05, 4.69) is 11.6 Å². The third-order valence-corrected chi connectivity index (χ3v) is 5.18. The number of ether oxygens (including phenoxy) is 1. The first-order valence-corrected chi connectivity index (χ1v) is 10.0. The first kappa shape index (κ1) is 22.6. The SMILES string of the molecule is C=CCN1C(=O)/C(=C/c2ccc(OCC(=O)O)cc2)SC1=Nc1ccc(C(=O)O)c(O)c1. The zero-order valence-corrected chi connectivity index (χ0v) is 17.4. The van der Waals surface area contributed by atoms with Gasteiger partial charge in [0.15, 0.2) is 11.8 Å². The van der Waals surface area contributed by atoms with E-state index in [1.165, 1.54) is 23.1 Å². The molecule has 10 heteroatoms. The maximum absolute atomic E-state index is 12.8. The van der Waals surface area contributed by atoms with Crippen LogP contribution in [0.25, 0.3) is 6.08 Å². The quantitative estimate of drug-likeness (QED) is 0.408. The first-order chi connectivity index (χ1) is 15.3. The van der Waals surface area contributed by atoms with Crippen LogP contribution in [0.1, 0.15) is 15.9 Å². The number of hydrogen-bond donors (Lipinski definition) is 3. The third kappa shape index (κ3) is 5.35. The van der Waals surface area contributed by atoms with Gasteiger partial charge in [0.05, 0.1) is 10.6 Å². The van der Waals surface area contributed by atoms with E-state index in [1.54, 1.807) is 36.4 Å². The summed E-state index contributed by atoms with van der Waals surface area (Å²) in [6, 6.07) is 10.5. The standard InChI is InChI=1S/C22H18N2O7S/c1-2-9-24-20(28)18(10-13-3-6-15(7-4-13)31-12-19(26)27)32-22(24)23-14-5-8-16(21(29)30)17(25)11-14/h2-8,10-11,25H,1,9,12H2,(H,26,27)(H,29,30)/b18-10-,23-22?. The number of carbonyl (C=O) groups is 3. The number of carboxylic acid groups (broad SMARTS) is 2. The summed E-state index contributed by atoms with van der Waals surface area (Å²) < 4.78 is 5.09. The van der Waals surface area contributed by atoms with E-state index < -0.39 is 24.3 Å². The summed E-state index contributed by atoms with van der Waals surface area (Å²) in [6.45, 7) is 3.42. The Hall–Kier alpha value is -4.05. The van der Waals surface area contributed by atoms with Gasteiger partial charge in [-0.15, -0.1) is 6.58 Å². The van der Waals surface area contributed by atoms with E-state index in [0.717, 1.165) is 11.8 Å². The molecule has 1 aliphatic rings. The van der Waals surface area contributed by atoms with Gasteiger partial charge >= 0.3 is 11.9 Å². The molecular formula is C22H18N2O7S. The van der Waals surface area contributed by atoms with Gasteiger partial charge in [-0.05, 0) is 47.7 Å². The first-order valence-electron chi connectivity index (χ1n) is 9.20. The van der Waals surface area contributed by atoms with Crippen LogP contribution in [0, 0.1) is 0 Å². The van der Waals surface area contributed by atoms with Gasteiger partial charge < -0.3 is 20.1 Å². The molecule has 3 rings (SSSR count). The molecule has 1 amide bonds. The van der Waals surface area contributed by atoms with Crippen LogP contribution >= 0.6 is 11.8 Å². The Morgan fingerprint density at radius 1 is 1.16 bits per heavy atom. The molecule has 0 saturated carbocycles. The normalized spacial score (nSPS) is 15.9. The van der Waals surface area contributed by atoms with Gasteiger partial charge in [-0.25, -0.2) is 14.6 Å². The van der Waals surface area contributed by atoms with Crippen molar-refractivity contribution in [2.24, 2.45) is 4.99 Å². The fourth-order valence-electron chi connectivity index (χ4n) is 2.72. The van der Waals surface area contributed by atoms with Crippen molar-refractivity contribution in [3.63, 3.8) is 0 Å². The number of carbonyl (C=O) groups excluding carboxylic acids is 1. The maximum Gasteiger partial charge on any atom is 0.341 e. The molecule has 0 atom stereocenters. The van der Waals surface area contributed by atoms with Gasteiger partial charge in [-0.2, -0.15) is 0 Å². The van der Waals surface area contributed by atoms with Gasteiger partial charge in [-0.1, -0.05) is 18.2 Å². The highest BCUT2D eigenvalue weighted by atomic mass is 32.2. The number of benzene rings is 2. The van der Waals surface area contributed by atoms with Crippen molar-refractivity contribution in [1.82, 2.24) is 4.90 Å². The van der Waals surface area contributed by atoms with Gasteiger partial charge in [0.25, 0.3) is 5.91 Å². The van der Waals surface area contributed by atoms with Crippen molar-refractivity contribution in [2.45, 2.75) is 0 Å². The molecule has 0 aliphatic carbocycles.